The fraction of sp³-hybridized carbons (Fsp3) is 0.417. The molecule has 1 aliphatic heterocycles. The Morgan fingerprint density at radius 3 is 2.90 bits per heavy atom. The van der Waals surface area contributed by atoms with Crippen molar-refractivity contribution in [3.8, 4) is 0 Å². The monoisotopic (exact) mass is 316 g/mol. The lowest BCUT2D eigenvalue weighted by atomic mass is 10.1. The van der Waals surface area contributed by atoms with E-state index in [-0.39, 0.29) is 22.0 Å². The van der Waals surface area contributed by atoms with Gasteiger partial charge in [0.25, 0.3) is 5.69 Å². The number of hydrogen-bond acceptors (Lipinski definition) is 5. The molecule has 2 N–H and O–H groups in total. The molecule has 1 aromatic rings. The molecule has 1 fully saturated rings. The van der Waals surface area contributed by atoms with Gasteiger partial charge >= 0.3 is 5.97 Å². The molecule has 0 bridgehead atoms. The summed E-state index contributed by atoms with van der Waals surface area (Å²) in [7, 11) is 0. The number of nitrogens with one attached hydrogen (secondary N) is 1. The maximum Gasteiger partial charge on any atom is 0.338 e. The SMILES string of the molecule is O=C(O)c1cc([N+](=O)[O-])cc(Cl)c1NCC1CCCS1. The van der Waals surface area contributed by atoms with Crippen LogP contribution in [0.15, 0.2) is 12.1 Å². The van der Waals surface area contributed by atoms with Crippen molar-refractivity contribution < 1.29 is 14.8 Å². The summed E-state index contributed by atoms with van der Waals surface area (Å²) in [6.45, 7) is 0.600. The van der Waals surface area contributed by atoms with Gasteiger partial charge in [0, 0.05) is 23.9 Å². The van der Waals surface area contributed by atoms with Crippen LogP contribution in [0.2, 0.25) is 5.02 Å². The van der Waals surface area contributed by atoms with Crippen LogP contribution in [0.25, 0.3) is 0 Å². The van der Waals surface area contributed by atoms with E-state index in [0.717, 1.165) is 30.7 Å². The molecule has 0 radical (unpaired) electrons. The first kappa shape index (κ1) is 14.9. The summed E-state index contributed by atoms with van der Waals surface area (Å²) in [6, 6.07) is 2.19. The van der Waals surface area contributed by atoms with Crippen molar-refractivity contribution in [1.82, 2.24) is 0 Å². The van der Waals surface area contributed by atoms with Crippen LogP contribution in [0.4, 0.5) is 11.4 Å². The third-order valence-corrected chi connectivity index (χ3v) is 4.74. The number of nitrogens with zero attached hydrogens (tertiary/aromatic N) is 1. The maximum absolute atomic E-state index is 11.2. The van der Waals surface area contributed by atoms with E-state index in [4.69, 9.17) is 16.7 Å². The Balaban J connectivity index is 2.25. The highest BCUT2D eigenvalue weighted by atomic mass is 35.5. The second-order valence-corrected chi connectivity index (χ2v) is 6.24. The van der Waals surface area contributed by atoms with Crippen LogP contribution in [-0.4, -0.2) is 33.5 Å². The minimum atomic E-state index is -1.24. The fourth-order valence-corrected chi connectivity index (χ4v) is 3.55. The Hall–Kier alpha value is -1.47. The summed E-state index contributed by atoms with van der Waals surface area (Å²) < 4.78 is 0. The Morgan fingerprint density at radius 2 is 2.35 bits per heavy atom. The zero-order valence-electron chi connectivity index (χ0n) is 10.5. The molecule has 2 rings (SSSR count). The van der Waals surface area contributed by atoms with Gasteiger partial charge in [-0.15, -0.1) is 0 Å². The maximum atomic E-state index is 11.2. The fourth-order valence-electron chi connectivity index (χ4n) is 2.07. The smallest absolute Gasteiger partial charge is 0.338 e. The number of carboxylic acids is 1. The standard InChI is InChI=1S/C12H13ClN2O4S/c13-10-5-7(15(18)19)4-9(12(16)17)11(10)14-6-8-2-1-3-20-8/h4-5,8,14H,1-3,6H2,(H,16,17). The zero-order chi connectivity index (χ0) is 14.7. The van der Waals surface area contributed by atoms with Crippen molar-refractivity contribution >= 4 is 40.7 Å². The second kappa shape index (κ2) is 6.32. The molecule has 0 aliphatic carbocycles. The largest absolute Gasteiger partial charge is 0.478 e. The van der Waals surface area contributed by atoms with Crippen LogP contribution < -0.4 is 5.32 Å². The molecule has 0 spiro atoms. The van der Waals surface area contributed by atoms with E-state index >= 15 is 0 Å². The van der Waals surface area contributed by atoms with E-state index in [1.165, 1.54) is 0 Å². The van der Waals surface area contributed by atoms with Gasteiger partial charge in [-0.05, 0) is 18.6 Å². The van der Waals surface area contributed by atoms with Crippen molar-refractivity contribution in [2.45, 2.75) is 18.1 Å². The lowest BCUT2D eigenvalue weighted by Crippen LogP contribution is -2.16. The van der Waals surface area contributed by atoms with Gasteiger partial charge in [0.2, 0.25) is 0 Å². The number of thioether (sulfide) groups is 1. The quantitative estimate of drug-likeness (QED) is 0.640. The zero-order valence-corrected chi connectivity index (χ0v) is 12.0. The summed E-state index contributed by atoms with van der Waals surface area (Å²) in [5.41, 5.74) is -0.252. The van der Waals surface area contributed by atoms with Gasteiger partial charge in [-0.1, -0.05) is 11.6 Å². The van der Waals surface area contributed by atoms with E-state index in [1.54, 1.807) is 0 Å². The van der Waals surface area contributed by atoms with Crippen LogP contribution in [0.1, 0.15) is 23.2 Å². The molecule has 20 heavy (non-hydrogen) atoms. The van der Waals surface area contributed by atoms with Crippen molar-refractivity contribution in [3.63, 3.8) is 0 Å². The first-order chi connectivity index (χ1) is 9.49. The van der Waals surface area contributed by atoms with Crippen molar-refractivity contribution in [3.05, 3.63) is 32.8 Å². The van der Waals surface area contributed by atoms with Gasteiger partial charge in [0.05, 0.1) is 21.2 Å². The van der Waals surface area contributed by atoms with Crippen LogP contribution in [-0.2, 0) is 0 Å². The summed E-state index contributed by atoms with van der Waals surface area (Å²) in [5, 5.41) is 23.4. The molecule has 1 atom stereocenters. The summed E-state index contributed by atoms with van der Waals surface area (Å²) in [4.78, 5) is 21.3. The molecule has 0 aromatic heterocycles. The number of nitro benzene ring substituents is 1. The first-order valence-electron chi connectivity index (χ1n) is 6.05. The Morgan fingerprint density at radius 1 is 1.60 bits per heavy atom. The predicted octanol–water partition coefficient (Wildman–Crippen LogP) is 3.25. The lowest BCUT2D eigenvalue weighted by molar-refractivity contribution is -0.384. The van der Waals surface area contributed by atoms with E-state index in [0.29, 0.717) is 11.8 Å². The number of hydrogen-bond donors (Lipinski definition) is 2. The molecule has 0 amide bonds. The van der Waals surface area contributed by atoms with Gasteiger partial charge in [-0.25, -0.2) is 4.79 Å². The number of non-ortho nitro benzene ring substituents is 1. The number of benzene rings is 1. The Kier molecular flexibility index (Phi) is 4.72. The number of aromatic carboxylic acids is 1. The van der Waals surface area contributed by atoms with E-state index < -0.39 is 10.9 Å². The minimum Gasteiger partial charge on any atom is -0.478 e. The molecule has 1 saturated heterocycles. The number of halogens is 1. The molecule has 6 nitrogen and oxygen atoms in total. The molecule has 1 aromatic carbocycles. The highest BCUT2D eigenvalue weighted by molar-refractivity contribution is 8.00. The number of carboxylic acid groups (broad SMARTS) is 1. The molecule has 108 valence electrons. The molecular formula is C12H13ClN2O4S. The Labute approximate surface area is 124 Å². The number of rotatable bonds is 5. The molecule has 1 unspecified atom stereocenters. The van der Waals surface area contributed by atoms with Gasteiger partial charge in [-0.2, -0.15) is 11.8 Å². The normalized spacial score (nSPS) is 17.9. The molecule has 1 aliphatic rings. The van der Waals surface area contributed by atoms with E-state index in [2.05, 4.69) is 5.32 Å². The number of carbonyl (C=O) groups is 1. The molecule has 1 heterocycles. The highest BCUT2D eigenvalue weighted by Crippen LogP contribution is 2.33. The minimum absolute atomic E-state index is 0.0552. The number of nitro groups is 1. The number of anilines is 1. The van der Waals surface area contributed by atoms with Crippen molar-refractivity contribution in [2.24, 2.45) is 0 Å². The third-order valence-electron chi connectivity index (χ3n) is 3.05. The molecular weight excluding hydrogens is 304 g/mol. The van der Waals surface area contributed by atoms with E-state index in [9.17, 15) is 14.9 Å². The summed E-state index contributed by atoms with van der Waals surface area (Å²) in [6.07, 6.45) is 2.22. The summed E-state index contributed by atoms with van der Waals surface area (Å²) >= 11 is 7.80. The predicted molar refractivity (Wildman–Crippen MR) is 79.0 cm³/mol. The van der Waals surface area contributed by atoms with Crippen LogP contribution in [0.3, 0.4) is 0 Å². The Bertz CT molecular complexity index is 547. The van der Waals surface area contributed by atoms with E-state index in [1.807, 2.05) is 11.8 Å². The topological polar surface area (TPSA) is 92.5 Å². The first-order valence-corrected chi connectivity index (χ1v) is 7.48. The van der Waals surface area contributed by atoms with Gasteiger partial charge in [-0.3, -0.25) is 10.1 Å². The average Bonchev–Trinajstić information content (AvgIpc) is 2.89. The summed E-state index contributed by atoms with van der Waals surface area (Å²) in [5.74, 6) is -0.135. The van der Waals surface area contributed by atoms with Crippen LogP contribution in [0, 0.1) is 10.1 Å². The molecule has 0 saturated carbocycles. The van der Waals surface area contributed by atoms with Gasteiger partial charge in [0.15, 0.2) is 0 Å². The average molecular weight is 317 g/mol. The van der Waals surface area contributed by atoms with Crippen molar-refractivity contribution in [1.29, 1.82) is 0 Å². The second-order valence-electron chi connectivity index (χ2n) is 4.43. The van der Waals surface area contributed by atoms with Crippen LogP contribution >= 0.6 is 23.4 Å². The lowest BCUT2D eigenvalue weighted by Gasteiger charge is -2.14. The molecule has 8 heteroatoms. The van der Waals surface area contributed by atoms with Crippen LogP contribution in [0.5, 0.6) is 0 Å². The van der Waals surface area contributed by atoms with Gasteiger partial charge < -0.3 is 10.4 Å². The third kappa shape index (κ3) is 3.34. The highest BCUT2D eigenvalue weighted by Gasteiger charge is 2.22. The van der Waals surface area contributed by atoms with Gasteiger partial charge in [0.1, 0.15) is 0 Å². The van der Waals surface area contributed by atoms with Crippen molar-refractivity contribution in [2.75, 3.05) is 17.6 Å².